The molecule has 2 aromatic rings. The molecule has 0 saturated carbocycles. The van der Waals surface area contributed by atoms with E-state index in [0.717, 1.165) is 29.8 Å². The molecule has 2 aromatic carbocycles. The Kier molecular flexibility index (Phi) is 6.24. The summed E-state index contributed by atoms with van der Waals surface area (Å²) in [7, 11) is -3.21. The third-order valence-electron chi connectivity index (χ3n) is 4.61. The van der Waals surface area contributed by atoms with Crippen molar-refractivity contribution in [3.05, 3.63) is 59.2 Å². The second-order valence-electron chi connectivity index (χ2n) is 7.00. The molecular formula is C21H27N3O3S. The normalized spacial score (nSPS) is 16.4. The highest BCUT2D eigenvalue weighted by Gasteiger charge is 2.22. The molecule has 1 aliphatic heterocycles. The third kappa shape index (κ3) is 5.04. The number of para-hydroxylation sites is 1. The van der Waals surface area contributed by atoms with Crippen molar-refractivity contribution in [2.24, 2.45) is 4.99 Å². The van der Waals surface area contributed by atoms with Crippen LogP contribution in [0.25, 0.3) is 0 Å². The Bertz CT molecular complexity index is 946. The molecule has 1 atom stereocenters. The van der Waals surface area contributed by atoms with Crippen molar-refractivity contribution in [2.45, 2.75) is 37.8 Å². The Labute approximate surface area is 167 Å². The molecular weight excluding hydrogens is 374 g/mol. The molecule has 0 aromatic heterocycles. The van der Waals surface area contributed by atoms with E-state index in [4.69, 9.17) is 4.74 Å². The molecule has 1 heterocycles. The topological polar surface area (TPSA) is 79.8 Å². The Morgan fingerprint density at radius 3 is 2.68 bits per heavy atom. The minimum Gasteiger partial charge on any atom is -0.488 e. The number of aliphatic imine (C=N–C) groups is 1. The standard InChI is InChI=1S/C21H27N3O3S/c1-4-22-21(24-14-18-12-17-7-5-6-8-19(17)27-18)23-13-16-9-10-20(15(2)11-16)28(3,25)26/h5-11,18H,4,12-14H2,1-3H3,(H2,22,23,24). The Balaban J connectivity index is 1.61. The molecule has 0 spiro atoms. The minimum atomic E-state index is -3.21. The highest BCUT2D eigenvalue weighted by molar-refractivity contribution is 7.90. The maximum absolute atomic E-state index is 11.7. The summed E-state index contributed by atoms with van der Waals surface area (Å²) in [5.41, 5.74) is 2.94. The largest absolute Gasteiger partial charge is 0.488 e. The number of nitrogens with one attached hydrogen (secondary N) is 2. The molecule has 0 radical (unpaired) electrons. The van der Waals surface area contributed by atoms with Crippen molar-refractivity contribution in [1.29, 1.82) is 0 Å². The molecule has 6 nitrogen and oxygen atoms in total. The minimum absolute atomic E-state index is 0.0811. The van der Waals surface area contributed by atoms with Crippen LogP contribution < -0.4 is 15.4 Å². The van der Waals surface area contributed by atoms with Gasteiger partial charge in [0, 0.05) is 19.2 Å². The smallest absolute Gasteiger partial charge is 0.191 e. The zero-order valence-corrected chi connectivity index (χ0v) is 17.3. The first-order chi connectivity index (χ1) is 13.4. The van der Waals surface area contributed by atoms with Crippen LogP contribution in [0.15, 0.2) is 52.4 Å². The van der Waals surface area contributed by atoms with Gasteiger partial charge in [0.25, 0.3) is 0 Å². The van der Waals surface area contributed by atoms with Crippen LogP contribution in [0.3, 0.4) is 0 Å². The molecule has 0 bridgehead atoms. The first kappa shape index (κ1) is 20.2. The molecule has 2 N–H and O–H groups in total. The molecule has 7 heteroatoms. The zero-order valence-electron chi connectivity index (χ0n) is 16.5. The monoisotopic (exact) mass is 401 g/mol. The van der Waals surface area contributed by atoms with E-state index in [1.165, 1.54) is 11.8 Å². The predicted octanol–water partition coefficient (Wildman–Crippen LogP) is 2.46. The van der Waals surface area contributed by atoms with Gasteiger partial charge in [-0.15, -0.1) is 0 Å². The van der Waals surface area contributed by atoms with Crippen molar-refractivity contribution in [2.75, 3.05) is 19.3 Å². The van der Waals surface area contributed by atoms with E-state index in [-0.39, 0.29) is 6.10 Å². The number of rotatable bonds is 6. The van der Waals surface area contributed by atoms with Crippen LogP contribution >= 0.6 is 0 Å². The summed E-state index contributed by atoms with van der Waals surface area (Å²) in [6, 6.07) is 13.4. The van der Waals surface area contributed by atoms with Gasteiger partial charge in [0.05, 0.1) is 18.0 Å². The Hall–Kier alpha value is -2.54. The quantitative estimate of drug-likeness (QED) is 0.574. The summed E-state index contributed by atoms with van der Waals surface area (Å²) in [5, 5.41) is 6.57. The maximum atomic E-state index is 11.7. The van der Waals surface area contributed by atoms with Gasteiger partial charge in [-0.2, -0.15) is 0 Å². The van der Waals surface area contributed by atoms with Gasteiger partial charge in [-0.05, 0) is 42.7 Å². The lowest BCUT2D eigenvalue weighted by atomic mass is 10.1. The average Bonchev–Trinajstić information content (AvgIpc) is 3.06. The molecule has 0 fully saturated rings. The number of hydrogen-bond acceptors (Lipinski definition) is 4. The fourth-order valence-corrected chi connectivity index (χ4v) is 4.28. The molecule has 1 unspecified atom stereocenters. The van der Waals surface area contributed by atoms with E-state index < -0.39 is 9.84 Å². The van der Waals surface area contributed by atoms with Crippen LogP contribution in [-0.4, -0.2) is 39.8 Å². The molecule has 150 valence electrons. The van der Waals surface area contributed by atoms with Crippen LogP contribution in [0.1, 0.15) is 23.6 Å². The molecule has 1 aliphatic rings. The first-order valence-corrected chi connectivity index (χ1v) is 11.3. The summed E-state index contributed by atoms with van der Waals surface area (Å²) in [6.07, 6.45) is 2.19. The average molecular weight is 402 g/mol. The number of sulfone groups is 1. The van der Waals surface area contributed by atoms with Crippen LogP contribution in [0, 0.1) is 6.92 Å². The number of aryl methyl sites for hydroxylation is 1. The molecule has 3 rings (SSSR count). The second-order valence-corrected chi connectivity index (χ2v) is 8.98. The van der Waals surface area contributed by atoms with Crippen molar-refractivity contribution >= 4 is 15.8 Å². The van der Waals surface area contributed by atoms with E-state index in [9.17, 15) is 8.42 Å². The van der Waals surface area contributed by atoms with Crippen LogP contribution in [-0.2, 0) is 22.8 Å². The molecule has 0 amide bonds. The molecule has 0 saturated heterocycles. The Morgan fingerprint density at radius 2 is 2.00 bits per heavy atom. The summed E-state index contributed by atoms with van der Waals surface area (Å²) in [5.74, 6) is 1.67. The predicted molar refractivity (Wildman–Crippen MR) is 112 cm³/mol. The van der Waals surface area contributed by atoms with Crippen LogP contribution in [0.5, 0.6) is 5.75 Å². The summed E-state index contributed by atoms with van der Waals surface area (Å²) in [4.78, 5) is 4.98. The van der Waals surface area contributed by atoms with Gasteiger partial charge in [0.15, 0.2) is 15.8 Å². The van der Waals surface area contributed by atoms with Crippen LogP contribution in [0.4, 0.5) is 0 Å². The number of benzene rings is 2. The van der Waals surface area contributed by atoms with Crippen LogP contribution in [0.2, 0.25) is 0 Å². The van der Waals surface area contributed by atoms with E-state index in [2.05, 4.69) is 21.7 Å². The van der Waals surface area contributed by atoms with Crippen molar-refractivity contribution < 1.29 is 13.2 Å². The summed E-state index contributed by atoms with van der Waals surface area (Å²) in [6.45, 7) is 5.70. The SMILES string of the molecule is CCNC(=NCc1ccc(S(C)(=O)=O)c(C)c1)NCC1Cc2ccccc2O1. The highest BCUT2D eigenvalue weighted by Crippen LogP contribution is 2.27. The van der Waals surface area contributed by atoms with Gasteiger partial charge in [0.2, 0.25) is 0 Å². The van der Waals surface area contributed by atoms with Gasteiger partial charge in [-0.1, -0.05) is 30.3 Å². The Morgan fingerprint density at radius 1 is 1.21 bits per heavy atom. The first-order valence-electron chi connectivity index (χ1n) is 9.43. The van der Waals surface area contributed by atoms with Gasteiger partial charge in [0.1, 0.15) is 11.9 Å². The zero-order chi connectivity index (χ0) is 20.1. The molecule has 0 aliphatic carbocycles. The van der Waals surface area contributed by atoms with Crippen molar-refractivity contribution in [3.8, 4) is 5.75 Å². The summed E-state index contributed by atoms with van der Waals surface area (Å²) < 4.78 is 29.5. The number of guanidine groups is 1. The van der Waals surface area contributed by atoms with Crippen molar-refractivity contribution in [1.82, 2.24) is 10.6 Å². The highest BCUT2D eigenvalue weighted by atomic mass is 32.2. The number of fused-ring (bicyclic) bond motifs is 1. The van der Waals surface area contributed by atoms with Gasteiger partial charge in [-0.3, -0.25) is 0 Å². The second kappa shape index (κ2) is 8.65. The lowest BCUT2D eigenvalue weighted by molar-refractivity contribution is 0.235. The lowest BCUT2D eigenvalue weighted by Crippen LogP contribution is -2.42. The lowest BCUT2D eigenvalue weighted by Gasteiger charge is -2.15. The van der Waals surface area contributed by atoms with Gasteiger partial charge < -0.3 is 15.4 Å². The maximum Gasteiger partial charge on any atom is 0.191 e. The third-order valence-corrected chi connectivity index (χ3v) is 5.87. The number of ether oxygens (including phenoxy) is 1. The molecule has 28 heavy (non-hydrogen) atoms. The van der Waals surface area contributed by atoms with Gasteiger partial charge in [-0.25, -0.2) is 13.4 Å². The van der Waals surface area contributed by atoms with E-state index in [1.54, 1.807) is 6.07 Å². The van der Waals surface area contributed by atoms with E-state index in [1.807, 2.05) is 44.2 Å². The fraction of sp³-hybridized carbons (Fsp3) is 0.381. The van der Waals surface area contributed by atoms with Crippen molar-refractivity contribution in [3.63, 3.8) is 0 Å². The number of hydrogen-bond donors (Lipinski definition) is 2. The van der Waals surface area contributed by atoms with E-state index in [0.29, 0.717) is 23.9 Å². The fourth-order valence-electron chi connectivity index (χ4n) is 3.32. The summed E-state index contributed by atoms with van der Waals surface area (Å²) >= 11 is 0. The number of nitrogens with zero attached hydrogens (tertiary/aromatic N) is 1. The van der Waals surface area contributed by atoms with Gasteiger partial charge >= 0.3 is 0 Å². The van der Waals surface area contributed by atoms with E-state index >= 15 is 0 Å².